The third-order valence-corrected chi connectivity index (χ3v) is 7.25. The largest absolute Gasteiger partial charge is 0.379 e. The molecule has 3 rings (SSSR count). The predicted octanol–water partition coefficient (Wildman–Crippen LogP) is 1.45. The van der Waals surface area contributed by atoms with Gasteiger partial charge in [0.25, 0.3) is 0 Å². The molecule has 0 aliphatic carbocycles. The summed E-state index contributed by atoms with van der Waals surface area (Å²) in [6, 6.07) is 7.19. The molecule has 0 unspecified atom stereocenters. The van der Waals surface area contributed by atoms with Crippen LogP contribution in [0.5, 0.6) is 0 Å². The van der Waals surface area contributed by atoms with Gasteiger partial charge in [-0.15, -0.1) is 0 Å². The van der Waals surface area contributed by atoms with Crippen LogP contribution in [0.4, 0.5) is 5.69 Å². The van der Waals surface area contributed by atoms with Gasteiger partial charge in [0.1, 0.15) is 0 Å². The van der Waals surface area contributed by atoms with E-state index in [0.29, 0.717) is 43.5 Å². The summed E-state index contributed by atoms with van der Waals surface area (Å²) in [4.78, 5) is 14.0. The zero-order valence-corrected chi connectivity index (χ0v) is 16.7. The SMILES string of the molecule is CCC(=O)NCC1CCN(c2ccc(S(=O)(=O)N3CCOCC3)cc2)CC1. The van der Waals surface area contributed by atoms with Crippen LogP contribution in [0.3, 0.4) is 0 Å². The Labute approximate surface area is 161 Å². The molecule has 1 N–H and O–H groups in total. The smallest absolute Gasteiger partial charge is 0.243 e. The number of carbonyl (C=O) groups excluding carboxylic acids is 1. The van der Waals surface area contributed by atoms with Crippen LogP contribution in [-0.2, 0) is 19.6 Å². The highest BCUT2D eigenvalue weighted by Crippen LogP contribution is 2.25. The molecule has 0 bridgehead atoms. The number of benzene rings is 1. The van der Waals surface area contributed by atoms with Crippen molar-refractivity contribution in [1.82, 2.24) is 9.62 Å². The zero-order valence-electron chi connectivity index (χ0n) is 15.9. The molecule has 1 aromatic carbocycles. The van der Waals surface area contributed by atoms with E-state index < -0.39 is 10.0 Å². The maximum atomic E-state index is 12.7. The Bertz CT molecular complexity index is 722. The van der Waals surface area contributed by atoms with Gasteiger partial charge in [-0.2, -0.15) is 4.31 Å². The van der Waals surface area contributed by atoms with Crippen LogP contribution in [0.15, 0.2) is 29.2 Å². The van der Waals surface area contributed by atoms with Gasteiger partial charge in [0.2, 0.25) is 15.9 Å². The van der Waals surface area contributed by atoms with E-state index in [1.165, 1.54) is 4.31 Å². The van der Waals surface area contributed by atoms with E-state index in [2.05, 4.69) is 10.2 Å². The Balaban J connectivity index is 1.56. The zero-order chi connectivity index (χ0) is 19.3. The van der Waals surface area contributed by atoms with Gasteiger partial charge in [0.15, 0.2) is 0 Å². The van der Waals surface area contributed by atoms with Gasteiger partial charge < -0.3 is 15.0 Å². The average molecular weight is 396 g/mol. The molecular formula is C19H29N3O4S. The Morgan fingerprint density at radius 3 is 2.33 bits per heavy atom. The van der Waals surface area contributed by atoms with Crippen LogP contribution in [-0.4, -0.2) is 64.6 Å². The van der Waals surface area contributed by atoms with Gasteiger partial charge >= 0.3 is 0 Å². The number of ether oxygens (including phenoxy) is 1. The van der Waals surface area contributed by atoms with Crippen molar-refractivity contribution in [3.8, 4) is 0 Å². The molecule has 2 saturated heterocycles. The van der Waals surface area contributed by atoms with E-state index in [-0.39, 0.29) is 5.91 Å². The lowest BCUT2D eigenvalue weighted by Gasteiger charge is -2.34. The number of sulfonamides is 1. The fraction of sp³-hybridized carbons (Fsp3) is 0.632. The summed E-state index contributed by atoms with van der Waals surface area (Å²) in [6.07, 6.45) is 2.58. The number of nitrogens with one attached hydrogen (secondary N) is 1. The molecule has 27 heavy (non-hydrogen) atoms. The second-order valence-electron chi connectivity index (χ2n) is 7.10. The number of anilines is 1. The van der Waals surface area contributed by atoms with Crippen molar-refractivity contribution in [3.05, 3.63) is 24.3 Å². The van der Waals surface area contributed by atoms with Crippen LogP contribution in [0, 0.1) is 5.92 Å². The van der Waals surface area contributed by atoms with Gasteiger partial charge in [0, 0.05) is 44.8 Å². The highest BCUT2D eigenvalue weighted by Gasteiger charge is 2.26. The molecule has 8 heteroatoms. The van der Waals surface area contributed by atoms with Crippen LogP contribution in [0.25, 0.3) is 0 Å². The van der Waals surface area contributed by atoms with Crippen molar-refractivity contribution < 1.29 is 17.9 Å². The molecule has 0 radical (unpaired) electrons. The third kappa shape index (κ3) is 5.00. The van der Waals surface area contributed by atoms with Gasteiger partial charge in [-0.05, 0) is 43.0 Å². The van der Waals surface area contributed by atoms with E-state index in [9.17, 15) is 13.2 Å². The topological polar surface area (TPSA) is 79.0 Å². The lowest BCUT2D eigenvalue weighted by atomic mass is 9.96. The molecule has 1 amide bonds. The average Bonchev–Trinajstić information content (AvgIpc) is 2.73. The first-order valence-corrected chi connectivity index (χ1v) is 11.1. The number of rotatable bonds is 6. The first kappa shape index (κ1) is 20.1. The monoisotopic (exact) mass is 395 g/mol. The van der Waals surface area contributed by atoms with E-state index in [4.69, 9.17) is 4.74 Å². The summed E-state index contributed by atoms with van der Waals surface area (Å²) in [5, 5.41) is 2.97. The molecule has 150 valence electrons. The van der Waals surface area contributed by atoms with E-state index in [1.54, 1.807) is 12.1 Å². The summed E-state index contributed by atoms with van der Waals surface area (Å²) < 4.78 is 32.1. The molecule has 0 aromatic heterocycles. The number of nitrogens with zero attached hydrogens (tertiary/aromatic N) is 2. The molecule has 0 saturated carbocycles. The Kier molecular flexibility index (Phi) is 6.73. The van der Waals surface area contributed by atoms with Crippen LogP contribution >= 0.6 is 0 Å². The first-order chi connectivity index (χ1) is 13.0. The number of morpholine rings is 1. The lowest BCUT2D eigenvalue weighted by molar-refractivity contribution is -0.120. The van der Waals surface area contributed by atoms with Crippen molar-refractivity contribution in [2.24, 2.45) is 5.92 Å². The fourth-order valence-corrected chi connectivity index (χ4v) is 4.95. The number of hydrogen-bond donors (Lipinski definition) is 1. The summed E-state index contributed by atoms with van der Waals surface area (Å²) in [5.41, 5.74) is 1.05. The molecule has 2 aliphatic heterocycles. The van der Waals surface area contributed by atoms with Crippen LogP contribution in [0.2, 0.25) is 0 Å². The second kappa shape index (κ2) is 9.03. The molecule has 2 fully saturated rings. The first-order valence-electron chi connectivity index (χ1n) is 9.70. The Morgan fingerprint density at radius 1 is 1.11 bits per heavy atom. The fourth-order valence-electron chi connectivity index (χ4n) is 3.54. The molecule has 7 nitrogen and oxygen atoms in total. The normalized spacial score (nSPS) is 19.8. The second-order valence-corrected chi connectivity index (χ2v) is 9.04. The highest BCUT2D eigenvalue weighted by atomic mass is 32.2. The number of piperidine rings is 1. The van der Waals surface area contributed by atoms with Crippen molar-refractivity contribution >= 4 is 21.6 Å². The molecular weight excluding hydrogens is 366 g/mol. The lowest BCUT2D eigenvalue weighted by Crippen LogP contribution is -2.40. The van der Waals surface area contributed by atoms with Crippen LogP contribution in [0.1, 0.15) is 26.2 Å². The Morgan fingerprint density at radius 2 is 1.74 bits per heavy atom. The van der Waals surface area contributed by atoms with Gasteiger partial charge in [-0.1, -0.05) is 6.92 Å². The van der Waals surface area contributed by atoms with Crippen molar-refractivity contribution in [2.45, 2.75) is 31.1 Å². The number of hydrogen-bond acceptors (Lipinski definition) is 5. The summed E-state index contributed by atoms with van der Waals surface area (Å²) in [7, 11) is -3.44. The van der Waals surface area contributed by atoms with E-state index >= 15 is 0 Å². The minimum atomic E-state index is -3.44. The molecule has 2 aliphatic rings. The molecule has 1 aromatic rings. The summed E-state index contributed by atoms with van der Waals surface area (Å²) >= 11 is 0. The molecule has 2 heterocycles. The van der Waals surface area contributed by atoms with Crippen molar-refractivity contribution in [2.75, 3.05) is 50.8 Å². The maximum absolute atomic E-state index is 12.7. The van der Waals surface area contributed by atoms with Gasteiger partial charge in [0.05, 0.1) is 18.1 Å². The van der Waals surface area contributed by atoms with Crippen LogP contribution < -0.4 is 10.2 Å². The van der Waals surface area contributed by atoms with Gasteiger partial charge in [-0.25, -0.2) is 8.42 Å². The van der Waals surface area contributed by atoms with Crippen molar-refractivity contribution in [3.63, 3.8) is 0 Å². The highest BCUT2D eigenvalue weighted by molar-refractivity contribution is 7.89. The molecule has 0 spiro atoms. The minimum absolute atomic E-state index is 0.106. The van der Waals surface area contributed by atoms with Gasteiger partial charge in [-0.3, -0.25) is 4.79 Å². The van der Waals surface area contributed by atoms with E-state index in [1.807, 2.05) is 19.1 Å². The number of carbonyl (C=O) groups is 1. The van der Waals surface area contributed by atoms with Crippen molar-refractivity contribution in [1.29, 1.82) is 0 Å². The third-order valence-electron chi connectivity index (χ3n) is 5.33. The predicted molar refractivity (Wildman–Crippen MR) is 104 cm³/mol. The Hall–Kier alpha value is -1.64. The minimum Gasteiger partial charge on any atom is -0.379 e. The number of amides is 1. The van der Waals surface area contributed by atoms with E-state index in [0.717, 1.165) is 38.2 Å². The standard InChI is InChI=1S/C19H29N3O4S/c1-2-19(23)20-15-16-7-9-21(10-8-16)17-3-5-18(6-4-17)27(24,25)22-11-13-26-14-12-22/h3-6,16H,2,7-15H2,1H3,(H,20,23). The maximum Gasteiger partial charge on any atom is 0.243 e. The molecule has 0 atom stereocenters. The quantitative estimate of drug-likeness (QED) is 0.789. The summed E-state index contributed by atoms with van der Waals surface area (Å²) in [6.45, 7) is 6.16. The summed E-state index contributed by atoms with van der Waals surface area (Å²) in [5.74, 6) is 0.618.